The Morgan fingerprint density at radius 2 is 2.00 bits per heavy atom. The number of nitrogens with zero attached hydrogens (tertiary/aromatic N) is 1. The van der Waals surface area contributed by atoms with Crippen molar-refractivity contribution in [3.63, 3.8) is 0 Å². The molecule has 0 fully saturated rings. The van der Waals surface area contributed by atoms with Gasteiger partial charge in [0.15, 0.2) is 0 Å². The first-order valence-corrected chi connectivity index (χ1v) is 6.71. The number of benzene rings is 1. The molecule has 0 amide bonds. The lowest BCUT2D eigenvalue weighted by atomic mass is 10.2. The van der Waals surface area contributed by atoms with Crippen LogP contribution in [0.1, 0.15) is 5.56 Å². The van der Waals surface area contributed by atoms with Crippen LogP contribution in [0.5, 0.6) is 0 Å². The SMILES string of the molecule is Cc1ccc2c(c1)c(S(=O)(=O)Cl)cn2C. The zero-order valence-electron chi connectivity index (χ0n) is 8.36. The molecule has 0 radical (unpaired) electrons. The van der Waals surface area contributed by atoms with Gasteiger partial charge in [-0.15, -0.1) is 0 Å². The Morgan fingerprint density at radius 3 is 2.60 bits per heavy atom. The lowest BCUT2D eigenvalue weighted by molar-refractivity contribution is 0.610. The summed E-state index contributed by atoms with van der Waals surface area (Å²) in [5, 5.41) is 0.674. The van der Waals surface area contributed by atoms with Crippen molar-refractivity contribution < 1.29 is 8.42 Å². The highest BCUT2D eigenvalue weighted by Gasteiger charge is 2.17. The van der Waals surface area contributed by atoms with Crippen LogP contribution in [0, 0.1) is 6.92 Å². The highest BCUT2D eigenvalue weighted by atomic mass is 35.7. The number of hydrogen-bond donors (Lipinski definition) is 0. The van der Waals surface area contributed by atoms with Crippen molar-refractivity contribution in [2.45, 2.75) is 11.8 Å². The van der Waals surface area contributed by atoms with Gasteiger partial charge in [-0.05, 0) is 19.1 Å². The average molecular weight is 244 g/mol. The molecule has 80 valence electrons. The van der Waals surface area contributed by atoms with E-state index in [0.29, 0.717) is 5.39 Å². The molecule has 1 aromatic carbocycles. The van der Waals surface area contributed by atoms with Crippen LogP contribution in [0.3, 0.4) is 0 Å². The summed E-state index contributed by atoms with van der Waals surface area (Å²) < 4.78 is 24.4. The molecule has 0 saturated heterocycles. The van der Waals surface area contributed by atoms with E-state index < -0.39 is 9.05 Å². The maximum atomic E-state index is 11.3. The van der Waals surface area contributed by atoms with Gasteiger partial charge < -0.3 is 4.57 Å². The van der Waals surface area contributed by atoms with Crippen molar-refractivity contribution in [1.29, 1.82) is 0 Å². The fourth-order valence-electron chi connectivity index (χ4n) is 1.66. The molecule has 0 atom stereocenters. The van der Waals surface area contributed by atoms with E-state index in [2.05, 4.69) is 0 Å². The lowest BCUT2D eigenvalue weighted by Gasteiger charge is -1.97. The molecule has 0 unspecified atom stereocenters. The van der Waals surface area contributed by atoms with Crippen LogP contribution in [-0.4, -0.2) is 13.0 Å². The smallest absolute Gasteiger partial charge is 0.263 e. The van der Waals surface area contributed by atoms with Crippen molar-refractivity contribution in [1.82, 2.24) is 4.57 Å². The molecule has 1 aromatic heterocycles. The van der Waals surface area contributed by atoms with E-state index >= 15 is 0 Å². The molecule has 0 aliphatic rings. The van der Waals surface area contributed by atoms with E-state index in [-0.39, 0.29) is 4.90 Å². The molecule has 15 heavy (non-hydrogen) atoms. The lowest BCUT2D eigenvalue weighted by Crippen LogP contribution is -1.88. The van der Waals surface area contributed by atoms with Crippen LogP contribution in [0.25, 0.3) is 10.9 Å². The Bertz CT molecular complexity index is 628. The molecule has 2 aromatic rings. The summed E-state index contributed by atoms with van der Waals surface area (Å²) in [6.07, 6.45) is 1.53. The number of aromatic nitrogens is 1. The van der Waals surface area contributed by atoms with Gasteiger partial charge in [0.25, 0.3) is 9.05 Å². The molecule has 1 heterocycles. The minimum atomic E-state index is -3.67. The number of halogens is 1. The standard InChI is InChI=1S/C10H10ClNO2S/c1-7-3-4-9-8(5-7)10(6-12(9)2)15(11,13)14/h3-6H,1-2H3. The van der Waals surface area contributed by atoms with Crippen LogP contribution in [0.4, 0.5) is 0 Å². The summed E-state index contributed by atoms with van der Waals surface area (Å²) in [7, 11) is 3.48. The van der Waals surface area contributed by atoms with Gasteiger partial charge in [0, 0.05) is 34.8 Å². The second kappa shape index (κ2) is 3.25. The van der Waals surface area contributed by atoms with Crippen LogP contribution in [0.2, 0.25) is 0 Å². The molecular formula is C10H10ClNO2S. The van der Waals surface area contributed by atoms with Crippen LogP contribution in [0.15, 0.2) is 29.3 Å². The van der Waals surface area contributed by atoms with E-state index in [0.717, 1.165) is 11.1 Å². The first kappa shape index (κ1) is 10.5. The van der Waals surface area contributed by atoms with Gasteiger partial charge in [-0.1, -0.05) is 11.6 Å². The Labute approximate surface area is 92.7 Å². The Morgan fingerprint density at radius 1 is 1.33 bits per heavy atom. The van der Waals surface area contributed by atoms with Gasteiger partial charge in [-0.25, -0.2) is 8.42 Å². The largest absolute Gasteiger partial charge is 0.349 e. The third kappa shape index (κ3) is 1.75. The van der Waals surface area contributed by atoms with Gasteiger partial charge in [0.2, 0.25) is 0 Å². The van der Waals surface area contributed by atoms with Crippen LogP contribution < -0.4 is 0 Å². The highest BCUT2D eigenvalue weighted by Crippen LogP contribution is 2.27. The summed E-state index contributed by atoms with van der Waals surface area (Å²) >= 11 is 0. The fraction of sp³-hybridized carbons (Fsp3) is 0.200. The topological polar surface area (TPSA) is 39.1 Å². The quantitative estimate of drug-likeness (QED) is 0.722. The Balaban J connectivity index is 2.94. The van der Waals surface area contributed by atoms with E-state index in [9.17, 15) is 8.42 Å². The fourth-order valence-corrected chi connectivity index (χ4v) is 2.74. The molecular weight excluding hydrogens is 234 g/mol. The molecule has 5 heteroatoms. The van der Waals surface area contributed by atoms with Crippen molar-refractivity contribution in [3.8, 4) is 0 Å². The van der Waals surface area contributed by atoms with Crippen molar-refractivity contribution in [2.75, 3.05) is 0 Å². The number of aryl methyl sites for hydroxylation is 2. The van der Waals surface area contributed by atoms with E-state index in [1.54, 1.807) is 11.6 Å². The van der Waals surface area contributed by atoms with Crippen LogP contribution >= 0.6 is 10.7 Å². The van der Waals surface area contributed by atoms with E-state index in [4.69, 9.17) is 10.7 Å². The molecule has 0 bridgehead atoms. The monoisotopic (exact) mass is 243 g/mol. The zero-order valence-corrected chi connectivity index (χ0v) is 9.93. The Hall–Kier alpha value is -1.00. The molecule has 0 aliphatic carbocycles. The first-order valence-electron chi connectivity index (χ1n) is 4.40. The second-order valence-electron chi connectivity index (χ2n) is 3.56. The van der Waals surface area contributed by atoms with E-state index in [1.807, 2.05) is 25.1 Å². The number of rotatable bonds is 1. The predicted molar refractivity (Wildman–Crippen MR) is 60.7 cm³/mol. The third-order valence-corrected chi connectivity index (χ3v) is 3.72. The van der Waals surface area contributed by atoms with E-state index in [1.165, 1.54) is 6.20 Å². The highest BCUT2D eigenvalue weighted by molar-refractivity contribution is 8.14. The molecule has 0 aliphatic heterocycles. The normalized spacial score (nSPS) is 12.2. The zero-order chi connectivity index (χ0) is 11.2. The maximum absolute atomic E-state index is 11.3. The molecule has 0 spiro atoms. The minimum absolute atomic E-state index is 0.172. The molecule has 0 N–H and O–H groups in total. The maximum Gasteiger partial charge on any atom is 0.263 e. The molecule has 2 rings (SSSR count). The van der Waals surface area contributed by atoms with Gasteiger partial charge in [-0.2, -0.15) is 0 Å². The predicted octanol–water partition coefficient (Wildman–Crippen LogP) is 2.41. The van der Waals surface area contributed by atoms with Crippen molar-refractivity contribution >= 4 is 30.6 Å². The van der Waals surface area contributed by atoms with Gasteiger partial charge in [0.05, 0.1) is 0 Å². The van der Waals surface area contributed by atoms with Gasteiger partial charge >= 0.3 is 0 Å². The van der Waals surface area contributed by atoms with Crippen molar-refractivity contribution in [2.24, 2.45) is 7.05 Å². The summed E-state index contributed by atoms with van der Waals surface area (Å²) in [6.45, 7) is 1.91. The first-order chi connectivity index (χ1) is 6.89. The minimum Gasteiger partial charge on any atom is -0.349 e. The summed E-state index contributed by atoms with van der Waals surface area (Å²) in [4.78, 5) is 0.172. The third-order valence-electron chi connectivity index (χ3n) is 2.37. The van der Waals surface area contributed by atoms with Crippen LogP contribution in [-0.2, 0) is 16.1 Å². The second-order valence-corrected chi connectivity index (χ2v) is 6.10. The van der Waals surface area contributed by atoms with Gasteiger partial charge in [-0.3, -0.25) is 0 Å². The molecule has 3 nitrogen and oxygen atoms in total. The number of fused-ring (bicyclic) bond motifs is 1. The molecule has 0 saturated carbocycles. The summed E-state index contributed by atoms with van der Waals surface area (Å²) in [5.74, 6) is 0. The van der Waals surface area contributed by atoms with Gasteiger partial charge in [0.1, 0.15) is 4.90 Å². The summed E-state index contributed by atoms with van der Waals surface area (Å²) in [6, 6.07) is 5.65. The Kier molecular flexibility index (Phi) is 2.28. The van der Waals surface area contributed by atoms with Crippen molar-refractivity contribution in [3.05, 3.63) is 30.0 Å². The number of hydrogen-bond acceptors (Lipinski definition) is 2. The summed E-state index contributed by atoms with van der Waals surface area (Å²) in [5.41, 5.74) is 1.87. The average Bonchev–Trinajstić information content (AvgIpc) is 2.42.